The lowest BCUT2D eigenvalue weighted by Gasteiger charge is -2.18. The first-order valence-corrected chi connectivity index (χ1v) is 11.0. The number of aliphatic imine (C=N–C) groups is 1. The zero-order valence-corrected chi connectivity index (χ0v) is 18.7. The monoisotopic (exact) mass is 433 g/mol. The number of ether oxygens (including phenoxy) is 1. The number of allylic oxidation sites excluding steroid dienone is 1. The number of likely N-dealkylation sites (tertiary alicyclic amines) is 1. The van der Waals surface area contributed by atoms with Crippen LogP contribution >= 0.6 is 11.3 Å². The van der Waals surface area contributed by atoms with E-state index >= 15 is 0 Å². The van der Waals surface area contributed by atoms with Crippen molar-refractivity contribution >= 4 is 33.6 Å². The number of hydrogen-bond acceptors (Lipinski definition) is 4. The molecule has 6 nitrogen and oxygen atoms in total. The van der Waals surface area contributed by atoms with Gasteiger partial charge in [-0.25, -0.2) is 4.99 Å². The van der Waals surface area contributed by atoms with Crippen LogP contribution in [0.15, 0.2) is 54.2 Å². The predicted molar refractivity (Wildman–Crippen MR) is 131 cm³/mol. The van der Waals surface area contributed by atoms with Gasteiger partial charge in [-0.1, -0.05) is 19.2 Å². The number of nitrogens with zero attached hydrogens (tertiary/aromatic N) is 2. The first-order valence-electron chi connectivity index (χ1n) is 10.2. The standard InChI is InChI=1S/C24H27N5OS/c1-5-15(3)29-7-6-16(12-29)19-11-18(22(28-19)24(26)27-13-25)21-10-17-8-14(2)9-20(30-4)23(17)31-21/h5,8-11,13,16,28H,1,3,6-7,12H2,2,4H3,(H3,25,26,27)/t16-/m1/s1. The summed E-state index contributed by atoms with van der Waals surface area (Å²) in [7, 11) is 1.70. The van der Waals surface area contributed by atoms with E-state index in [-0.39, 0.29) is 0 Å². The van der Waals surface area contributed by atoms with Gasteiger partial charge in [0.15, 0.2) is 0 Å². The molecule has 3 aromatic rings. The second-order valence-corrected chi connectivity index (χ2v) is 8.83. The number of fused-ring (bicyclic) bond motifs is 1. The van der Waals surface area contributed by atoms with Gasteiger partial charge in [-0.3, -0.25) is 5.41 Å². The van der Waals surface area contributed by atoms with Crippen molar-refractivity contribution in [1.82, 2.24) is 9.88 Å². The largest absolute Gasteiger partial charge is 0.495 e. The number of H-pyrrole nitrogens is 1. The fourth-order valence-corrected chi connectivity index (χ4v) is 5.33. The molecule has 0 bridgehead atoms. The number of benzene rings is 1. The lowest BCUT2D eigenvalue weighted by molar-refractivity contribution is 0.420. The number of aryl methyl sites for hydroxylation is 1. The molecule has 1 aromatic carbocycles. The highest BCUT2D eigenvalue weighted by atomic mass is 32.1. The molecule has 4 N–H and O–H groups in total. The van der Waals surface area contributed by atoms with Gasteiger partial charge < -0.3 is 20.4 Å². The highest BCUT2D eigenvalue weighted by molar-refractivity contribution is 7.22. The van der Waals surface area contributed by atoms with Crippen LogP contribution in [0, 0.1) is 12.3 Å². The number of thiophene rings is 1. The van der Waals surface area contributed by atoms with E-state index in [1.165, 1.54) is 0 Å². The third-order valence-electron chi connectivity index (χ3n) is 5.78. The summed E-state index contributed by atoms with van der Waals surface area (Å²) in [4.78, 5) is 10.9. The van der Waals surface area contributed by atoms with E-state index in [1.807, 2.05) is 0 Å². The van der Waals surface area contributed by atoms with Crippen LogP contribution in [0.25, 0.3) is 20.5 Å². The zero-order chi connectivity index (χ0) is 22.1. The van der Waals surface area contributed by atoms with Gasteiger partial charge in [0.05, 0.1) is 17.5 Å². The van der Waals surface area contributed by atoms with Crippen LogP contribution in [-0.4, -0.2) is 42.3 Å². The van der Waals surface area contributed by atoms with Gasteiger partial charge in [0, 0.05) is 40.8 Å². The highest BCUT2D eigenvalue weighted by Gasteiger charge is 2.27. The molecule has 0 saturated carbocycles. The Hall–Kier alpha value is -3.32. The Kier molecular flexibility index (Phi) is 5.69. The smallest absolute Gasteiger partial charge is 0.149 e. The molecule has 160 valence electrons. The fourth-order valence-electron chi connectivity index (χ4n) is 4.18. The van der Waals surface area contributed by atoms with Crippen LogP contribution in [0.2, 0.25) is 0 Å². The molecule has 1 aliphatic rings. The minimum absolute atomic E-state index is 0.308. The number of amidine groups is 1. The number of nitrogens with two attached hydrogens (primary N) is 1. The normalized spacial score (nSPS) is 16.6. The second kappa shape index (κ2) is 8.43. The van der Waals surface area contributed by atoms with E-state index in [4.69, 9.17) is 15.9 Å². The van der Waals surface area contributed by atoms with Gasteiger partial charge in [-0.2, -0.15) is 0 Å². The number of nitrogens with one attached hydrogen (secondary N) is 2. The summed E-state index contributed by atoms with van der Waals surface area (Å²) in [6, 6.07) is 8.56. The Bertz CT molecular complexity index is 1200. The topological polar surface area (TPSA) is 90.5 Å². The maximum atomic E-state index is 7.34. The van der Waals surface area contributed by atoms with E-state index in [0.717, 1.165) is 74.8 Å². The molecule has 4 rings (SSSR count). The van der Waals surface area contributed by atoms with Gasteiger partial charge in [-0.15, -0.1) is 11.3 Å². The summed E-state index contributed by atoms with van der Waals surface area (Å²) < 4.78 is 6.71. The predicted octanol–water partition coefficient (Wildman–Crippen LogP) is 5.01. The molecule has 1 saturated heterocycles. The van der Waals surface area contributed by atoms with Crippen LogP contribution in [0.4, 0.5) is 0 Å². The summed E-state index contributed by atoms with van der Waals surface area (Å²) in [6.07, 6.45) is 3.80. The van der Waals surface area contributed by atoms with Gasteiger partial charge in [0.2, 0.25) is 0 Å². The lowest BCUT2D eigenvalue weighted by Crippen LogP contribution is -2.18. The number of methoxy groups -OCH3 is 1. The van der Waals surface area contributed by atoms with Crippen molar-refractivity contribution in [2.45, 2.75) is 19.3 Å². The van der Waals surface area contributed by atoms with Gasteiger partial charge in [0.25, 0.3) is 0 Å². The van der Waals surface area contributed by atoms with Crippen molar-refractivity contribution in [1.29, 1.82) is 5.41 Å². The maximum absolute atomic E-state index is 7.34. The first kappa shape index (κ1) is 20.9. The summed E-state index contributed by atoms with van der Waals surface area (Å²) >= 11 is 1.67. The van der Waals surface area contributed by atoms with Gasteiger partial charge >= 0.3 is 0 Å². The Morgan fingerprint density at radius 1 is 1.39 bits per heavy atom. The summed E-state index contributed by atoms with van der Waals surface area (Å²) in [5, 5.41) is 8.49. The lowest BCUT2D eigenvalue weighted by atomic mass is 10.0. The molecule has 1 fully saturated rings. The Morgan fingerprint density at radius 2 is 2.19 bits per heavy atom. The first-order chi connectivity index (χ1) is 14.9. The quantitative estimate of drug-likeness (QED) is 0.278. The Morgan fingerprint density at radius 3 is 2.90 bits per heavy atom. The summed E-state index contributed by atoms with van der Waals surface area (Å²) in [6.45, 7) is 11.8. The second-order valence-electron chi connectivity index (χ2n) is 7.78. The van der Waals surface area contributed by atoms with Crippen molar-refractivity contribution in [3.8, 4) is 16.2 Å². The van der Waals surface area contributed by atoms with Crippen LogP contribution < -0.4 is 10.5 Å². The number of aromatic nitrogens is 1. The molecule has 1 aliphatic heterocycles. The maximum Gasteiger partial charge on any atom is 0.149 e. The molecule has 7 heteroatoms. The van der Waals surface area contributed by atoms with Gasteiger partial charge in [0.1, 0.15) is 17.9 Å². The number of aromatic amines is 1. The molecule has 0 spiro atoms. The minimum Gasteiger partial charge on any atom is -0.495 e. The van der Waals surface area contributed by atoms with E-state index in [0.29, 0.717) is 11.8 Å². The van der Waals surface area contributed by atoms with Crippen LogP contribution in [0.5, 0.6) is 5.75 Å². The molecule has 0 unspecified atom stereocenters. The summed E-state index contributed by atoms with van der Waals surface area (Å²) in [5.41, 5.74) is 11.2. The molecule has 3 heterocycles. The molecular formula is C24H27N5OS. The number of hydrogen-bond donors (Lipinski definition) is 3. The fraction of sp³-hybridized carbons (Fsp3) is 0.250. The minimum atomic E-state index is 0.308. The van der Waals surface area contributed by atoms with E-state index in [1.54, 1.807) is 24.5 Å². The zero-order valence-electron chi connectivity index (χ0n) is 17.9. The van der Waals surface area contributed by atoms with Crippen LogP contribution in [0.1, 0.15) is 29.3 Å². The molecule has 0 amide bonds. The molecular weight excluding hydrogens is 406 g/mol. The average Bonchev–Trinajstić information content (AvgIpc) is 3.49. The van der Waals surface area contributed by atoms with Gasteiger partial charge in [-0.05, 0) is 48.6 Å². The highest BCUT2D eigenvalue weighted by Crippen LogP contribution is 2.42. The molecule has 31 heavy (non-hydrogen) atoms. The van der Waals surface area contributed by atoms with Crippen LogP contribution in [0.3, 0.4) is 0 Å². The van der Waals surface area contributed by atoms with Crippen molar-refractivity contribution in [3.63, 3.8) is 0 Å². The van der Waals surface area contributed by atoms with E-state index in [2.05, 4.69) is 59.2 Å². The SMILES string of the molecule is C=CC(=C)N1CC[C@@H](c2cc(-c3cc4cc(C)cc(OC)c4s3)c(C(N)=NC=N)[nH]2)C1. The van der Waals surface area contributed by atoms with Crippen molar-refractivity contribution in [3.05, 3.63) is 66.1 Å². The van der Waals surface area contributed by atoms with Crippen LogP contribution in [-0.2, 0) is 0 Å². The van der Waals surface area contributed by atoms with E-state index < -0.39 is 0 Å². The Balaban J connectivity index is 1.79. The number of rotatable bonds is 7. The average molecular weight is 434 g/mol. The Labute approximate surface area is 186 Å². The summed E-state index contributed by atoms with van der Waals surface area (Å²) in [5.74, 6) is 1.52. The van der Waals surface area contributed by atoms with Crippen molar-refractivity contribution in [2.75, 3.05) is 20.2 Å². The van der Waals surface area contributed by atoms with Crippen molar-refractivity contribution in [2.24, 2.45) is 10.7 Å². The van der Waals surface area contributed by atoms with E-state index in [9.17, 15) is 0 Å². The molecule has 2 aromatic heterocycles. The molecule has 0 aliphatic carbocycles. The van der Waals surface area contributed by atoms with Crippen molar-refractivity contribution < 1.29 is 4.74 Å². The molecule has 1 atom stereocenters. The third kappa shape index (κ3) is 3.88. The third-order valence-corrected chi connectivity index (χ3v) is 6.98. The molecule has 0 radical (unpaired) electrons.